The quantitative estimate of drug-likeness (QED) is 0.175. The number of hydrogen-bond acceptors (Lipinski definition) is 5. The van der Waals surface area contributed by atoms with Crippen LogP contribution >= 0.6 is 0 Å². The van der Waals surface area contributed by atoms with Crippen LogP contribution in [0.3, 0.4) is 0 Å². The van der Waals surface area contributed by atoms with E-state index in [9.17, 15) is 0 Å². The van der Waals surface area contributed by atoms with Crippen molar-refractivity contribution in [3.63, 3.8) is 0 Å². The summed E-state index contributed by atoms with van der Waals surface area (Å²) in [5.74, 6) is 2.31. The van der Waals surface area contributed by atoms with Crippen LogP contribution in [0.25, 0.3) is 56.2 Å². The van der Waals surface area contributed by atoms with E-state index in [4.69, 9.17) is 19.9 Å². The van der Waals surface area contributed by atoms with Gasteiger partial charge >= 0.3 is 0 Å². The largest absolute Gasteiger partial charge is 0.309 e. The van der Waals surface area contributed by atoms with E-state index >= 15 is 0 Å². The number of imidazole rings is 1. The lowest BCUT2D eigenvalue weighted by atomic mass is 10.2. The van der Waals surface area contributed by atoms with Crippen LogP contribution in [0.1, 0.15) is 0 Å². The first-order chi connectivity index (χ1) is 24.3. The summed E-state index contributed by atoms with van der Waals surface area (Å²) < 4.78 is 4.25. The van der Waals surface area contributed by atoms with Gasteiger partial charge in [-0.05, 0) is 48.5 Å². The normalized spacial score (nSPS) is 11.3. The predicted molar refractivity (Wildman–Crippen MR) is 197 cm³/mol. The van der Waals surface area contributed by atoms with Crippen LogP contribution < -0.4 is 4.90 Å². The third-order valence-electron chi connectivity index (χ3n) is 8.68. The number of hydrogen-bond donors (Lipinski definition) is 0. The second-order valence-corrected chi connectivity index (χ2v) is 11.7. The molecule has 7 nitrogen and oxygen atoms in total. The van der Waals surface area contributed by atoms with E-state index in [1.165, 1.54) is 21.8 Å². The smallest absolute Gasteiger partial charge is 0.240 e. The Morgan fingerprint density at radius 3 is 1.51 bits per heavy atom. The molecule has 0 aliphatic carbocycles. The molecule has 0 N–H and O–H groups in total. The third kappa shape index (κ3) is 5.10. The molecular weight excluding hydrogens is 603 g/mol. The molecule has 3 heterocycles. The molecule has 0 amide bonds. The van der Waals surface area contributed by atoms with Crippen LogP contribution in [0, 0.1) is 0 Å². The van der Waals surface area contributed by atoms with Gasteiger partial charge in [-0.25, -0.2) is 9.97 Å². The minimum atomic E-state index is 0.475. The SMILES string of the molecule is c1ccc(-c2nc(-c3ccccc3)nc(-n3ccnc3N(c3ccccc3)c3ccc(-n4c5ccccc5c5ccccc54)cc3)n2)cc1. The van der Waals surface area contributed by atoms with E-state index in [0.717, 1.165) is 28.2 Å². The van der Waals surface area contributed by atoms with Gasteiger partial charge < -0.3 is 4.57 Å². The van der Waals surface area contributed by atoms with Gasteiger partial charge in [-0.3, -0.25) is 9.47 Å². The van der Waals surface area contributed by atoms with Gasteiger partial charge in [0.2, 0.25) is 11.9 Å². The molecule has 0 atom stereocenters. The molecule has 7 heteroatoms. The monoisotopic (exact) mass is 631 g/mol. The summed E-state index contributed by atoms with van der Waals surface area (Å²) in [5, 5.41) is 2.47. The molecule has 0 saturated heterocycles. The van der Waals surface area contributed by atoms with Gasteiger partial charge in [0.05, 0.1) is 11.0 Å². The van der Waals surface area contributed by atoms with E-state index < -0.39 is 0 Å². The molecule has 0 saturated carbocycles. The van der Waals surface area contributed by atoms with Crippen molar-refractivity contribution < 1.29 is 0 Å². The lowest BCUT2D eigenvalue weighted by Gasteiger charge is -2.25. The summed E-state index contributed by atoms with van der Waals surface area (Å²) in [4.78, 5) is 21.9. The lowest BCUT2D eigenvalue weighted by molar-refractivity contribution is 0.894. The van der Waals surface area contributed by atoms with E-state index in [1.807, 2.05) is 89.6 Å². The van der Waals surface area contributed by atoms with Crippen molar-refractivity contribution in [2.45, 2.75) is 0 Å². The summed E-state index contributed by atoms with van der Waals surface area (Å²) in [5.41, 5.74) is 7.14. The highest BCUT2D eigenvalue weighted by Gasteiger charge is 2.22. The van der Waals surface area contributed by atoms with E-state index in [0.29, 0.717) is 23.5 Å². The Balaban J connectivity index is 1.19. The van der Waals surface area contributed by atoms with Gasteiger partial charge in [-0.1, -0.05) is 115 Å². The first-order valence-corrected chi connectivity index (χ1v) is 16.2. The second kappa shape index (κ2) is 12.1. The number of rotatable bonds is 7. The molecule has 49 heavy (non-hydrogen) atoms. The standard InChI is InChI=1S/C42H29N7/c1-4-14-30(15-5-1)39-44-40(31-16-6-2-7-17-31)46-41(45-39)47-29-28-43-42(47)48(32-18-8-3-9-19-32)33-24-26-34(27-25-33)49-37-22-12-10-20-35(37)36-21-11-13-23-38(36)49/h1-29H. The Morgan fingerprint density at radius 2 is 0.939 bits per heavy atom. The number of fused-ring (bicyclic) bond motifs is 3. The summed E-state index contributed by atoms with van der Waals surface area (Å²) in [6, 6.07) is 56.0. The molecule has 0 aliphatic rings. The number of anilines is 3. The number of para-hydroxylation sites is 3. The van der Waals surface area contributed by atoms with Gasteiger partial charge in [-0.15, -0.1) is 0 Å². The molecule has 0 aliphatic heterocycles. The number of benzene rings is 6. The molecule has 0 spiro atoms. The van der Waals surface area contributed by atoms with Crippen molar-refractivity contribution >= 4 is 39.1 Å². The van der Waals surface area contributed by atoms with E-state index in [-0.39, 0.29) is 0 Å². The first kappa shape index (κ1) is 28.4. The minimum absolute atomic E-state index is 0.475. The highest BCUT2D eigenvalue weighted by atomic mass is 15.4. The van der Waals surface area contributed by atoms with Gasteiger partial charge in [-0.2, -0.15) is 9.97 Å². The summed E-state index contributed by atoms with van der Waals surface area (Å²) in [7, 11) is 0. The van der Waals surface area contributed by atoms with Crippen LogP contribution in [0.4, 0.5) is 17.3 Å². The van der Waals surface area contributed by atoms with Crippen molar-refractivity contribution in [1.29, 1.82) is 0 Å². The molecule has 0 radical (unpaired) electrons. The Labute approximate surface area is 283 Å². The summed E-state index contributed by atoms with van der Waals surface area (Å²) >= 11 is 0. The second-order valence-electron chi connectivity index (χ2n) is 11.7. The Kier molecular flexibility index (Phi) is 6.98. The van der Waals surface area contributed by atoms with Crippen molar-refractivity contribution in [3.8, 4) is 34.4 Å². The maximum atomic E-state index is 4.98. The molecule has 0 fully saturated rings. The highest BCUT2D eigenvalue weighted by molar-refractivity contribution is 6.09. The van der Waals surface area contributed by atoms with Crippen molar-refractivity contribution in [2.75, 3.05) is 4.90 Å². The molecule has 9 aromatic rings. The highest BCUT2D eigenvalue weighted by Crippen LogP contribution is 2.37. The zero-order valence-electron chi connectivity index (χ0n) is 26.4. The number of nitrogens with zero attached hydrogens (tertiary/aromatic N) is 7. The Bertz CT molecular complexity index is 2430. The van der Waals surface area contributed by atoms with Crippen molar-refractivity contribution in [3.05, 3.63) is 176 Å². The maximum absolute atomic E-state index is 4.98. The molecule has 9 rings (SSSR count). The first-order valence-electron chi connectivity index (χ1n) is 16.2. The molecule has 0 bridgehead atoms. The van der Waals surface area contributed by atoms with Gasteiger partial charge in [0.1, 0.15) is 0 Å². The average Bonchev–Trinajstić information content (AvgIpc) is 3.80. The fourth-order valence-corrected chi connectivity index (χ4v) is 6.43. The molecule has 232 valence electrons. The maximum Gasteiger partial charge on any atom is 0.240 e. The predicted octanol–water partition coefficient (Wildman–Crippen LogP) is 9.96. The third-order valence-corrected chi connectivity index (χ3v) is 8.68. The molecular formula is C42H29N7. The van der Waals surface area contributed by atoms with E-state index in [2.05, 4.69) is 94.4 Å². The van der Waals surface area contributed by atoms with Crippen LogP contribution in [-0.4, -0.2) is 29.1 Å². The zero-order chi connectivity index (χ0) is 32.6. The van der Waals surface area contributed by atoms with Crippen molar-refractivity contribution in [1.82, 2.24) is 29.1 Å². The van der Waals surface area contributed by atoms with Crippen LogP contribution in [0.2, 0.25) is 0 Å². The topological polar surface area (TPSA) is 64.7 Å². The molecule has 6 aromatic carbocycles. The van der Waals surface area contributed by atoms with Crippen LogP contribution in [0.15, 0.2) is 176 Å². The van der Waals surface area contributed by atoms with Crippen molar-refractivity contribution in [2.24, 2.45) is 0 Å². The number of aromatic nitrogens is 6. The van der Waals surface area contributed by atoms with E-state index in [1.54, 1.807) is 6.20 Å². The fourth-order valence-electron chi connectivity index (χ4n) is 6.43. The summed E-state index contributed by atoms with van der Waals surface area (Å²) in [6.07, 6.45) is 3.68. The lowest BCUT2D eigenvalue weighted by Crippen LogP contribution is -2.17. The van der Waals surface area contributed by atoms with Crippen LogP contribution in [-0.2, 0) is 0 Å². The van der Waals surface area contributed by atoms with Gasteiger partial charge in [0, 0.05) is 51.4 Å². The van der Waals surface area contributed by atoms with Gasteiger partial charge in [0.15, 0.2) is 11.6 Å². The molecule has 0 unspecified atom stereocenters. The molecule has 3 aromatic heterocycles. The Morgan fingerprint density at radius 1 is 0.449 bits per heavy atom. The van der Waals surface area contributed by atoms with Crippen LogP contribution in [0.5, 0.6) is 0 Å². The summed E-state index contributed by atoms with van der Waals surface area (Å²) in [6.45, 7) is 0. The zero-order valence-corrected chi connectivity index (χ0v) is 26.4. The Hall–Kier alpha value is -6.86. The fraction of sp³-hybridized carbons (Fsp3) is 0. The average molecular weight is 632 g/mol. The van der Waals surface area contributed by atoms with Gasteiger partial charge in [0.25, 0.3) is 0 Å². The minimum Gasteiger partial charge on any atom is -0.309 e.